The van der Waals surface area contributed by atoms with E-state index >= 15 is 0 Å². The van der Waals surface area contributed by atoms with Crippen LogP contribution in [0.4, 0.5) is 5.69 Å². The van der Waals surface area contributed by atoms with Gasteiger partial charge in [0.2, 0.25) is 5.91 Å². The Morgan fingerprint density at radius 1 is 1.00 bits per heavy atom. The van der Waals surface area contributed by atoms with E-state index in [0.717, 1.165) is 16.9 Å². The maximum atomic E-state index is 13.5. The first-order chi connectivity index (χ1) is 15.8. The van der Waals surface area contributed by atoms with Gasteiger partial charge in [0, 0.05) is 31.9 Å². The number of benzene rings is 2. The zero-order chi connectivity index (χ0) is 23.4. The van der Waals surface area contributed by atoms with Crippen LogP contribution in [0.15, 0.2) is 70.3 Å². The number of rotatable bonds is 7. The molecule has 0 aliphatic carbocycles. The van der Waals surface area contributed by atoms with Gasteiger partial charge in [0.25, 0.3) is 10.0 Å². The van der Waals surface area contributed by atoms with Crippen molar-refractivity contribution in [1.82, 2.24) is 9.62 Å². The smallest absolute Gasteiger partial charge is 0.250 e. The summed E-state index contributed by atoms with van der Waals surface area (Å²) in [5.41, 5.74) is 4.53. The molecule has 1 aromatic heterocycles. The van der Waals surface area contributed by atoms with E-state index in [1.54, 1.807) is 22.4 Å². The Kier molecular flexibility index (Phi) is 7.17. The van der Waals surface area contributed by atoms with Crippen LogP contribution in [0.25, 0.3) is 0 Å². The number of sulfonamides is 1. The van der Waals surface area contributed by atoms with E-state index in [-0.39, 0.29) is 10.1 Å². The molecule has 6 nitrogen and oxygen atoms in total. The van der Waals surface area contributed by atoms with Gasteiger partial charge >= 0.3 is 0 Å². The molecule has 1 N–H and O–H groups in total. The first-order valence-corrected chi connectivity index (χ1v) is 13.4. The Hall–Kier alpha value is -2.68. The van der Waals surface area contributed by atoms with E-state index in [4.69, 9.17) is 0 Å². The summed E-state index contributed by atoms with van der Waals surface area (Å²) in [6.45, 7) is 6.71. The fraction of sp³-hybridized carbons (Fsp3) is 0.320. The Balaban J connectivity index is 1.50. The van der Waals surface area contributed by atoms with E-state index in [9.17, 15) is 13.2 Å². The lowest BCUT2D eigenvalue weighted by molar-refractivity contribution is -0.133. The molecular weight excluding hydrogens is 454 g/mol. The minimum atomic E-state index is -3.77. The average Bonchev–Trinajstić information content (AvgIpc) is 3.37. The second-order valence-electron chi connectivity index (χ2n) is 8.40. The molecule has 0 bridgehead atoms. The van der Waals surface area contributed by atoms with Crippen molar-refractivity contribution < 1.29 is 13.2 Å². The van der Waals surface area contributed by atoms with E-state index < -0.39 is 16.1 Å². The van der Waals surface area contributed by atoms with Crippen molar-refractivity contribution >= 4 is 33.0 Å². The van der Waals surface area contributed by atoms with Gasteiger partial charge < -0.3 is 9.80 Å². The monoisotopic (exact) mass is 483 g/mol. The Morgan fingerprint density at radius 2 is 1.73 bits per heavy atom. The van der Waals surface area contributed by atoms with Crippen LogP contribution in [0, 0.1) is 13.8 Å². The minimum absolute atomic E-state index is 0.181. The summed E-state index contributed by atoms with van der Waals surface area (Å²) in [5, 5.41) is 1.72. The molecule has 2 heterocycles. The molecule has 2 aromatic carbocycles. The maximum absolute atomic E-state index is 13.5. The van der Waals surface area contributed by atoms with Crippen LogP contribution in [0.5, 0.6) is 0 Å². The van der Waals surface area contributed by atoms with Crippen LogP contribution < -0.4 is 9.62 Å². The summed E-state index contributed by atoms with van der Waals surface area (Å²) < 4.78 is 28.7. The lowest BCUT2D eigenvalue weighted by Crippen LogP contribution is -2.55. The highest BCUT2D eigenvalue weighted by atomic mass is 32.2. The third-order valence-electron chi connectivity index (χ3n) is 5.93. The highest BCUT2D eigenvalue weighted by Gasteiger charge is 2.32. The fourth-order valence-corrected chi connectivity index (χ4v) is 6.34. The molecular formula is C25H29N3O3S2. The third kappa shape index (κ3) is 5.63. The number of nitrogens with one attached hydrogen (secondary N) is 1. The van der Waals surface area contributed by atoms with Crippen molar-refractivity contribution in [2.75, 3.05) is 31.1 Å². The molecule has 8 heteroatoms. The summed E-state index contributed by atoms with van der Waals surface area (Å²) in [5.74, 6) is -0.181. The van der Waals surface area contributed by atoms with Gasteiger partial charge in [-0.3, -0.25) is 4.79 Å². The second-order valence-corrected chi connectivity index (χ2v) is 11.3. The van der Waals surface area contributed by atoms with Crippen molar-refractivity contribution in [3.8, 4) is 0 Å². The molecule has 1 saturated heterocycles. The van der Waals surface area contributed by atoms with E-state index in [0.29, 0.717) is 32.6 Å². The summed E-state index contributed by atoms with van der Waals surface area (Å²) in [4.78, 5) is 17.6. The van der Waals surface area contributed by atoms with Crippen LogP contribution in [-0.2, 0) is 21.2 Å². The van der Waals surface area contributed by atoms with Crippen molar-refractivity contribution in [1.29, 1.82) is 0 Å². The van der Waals surface area contributed by atoms with Crippen molar-refractivity contribution in [3.05, 3.63) is 82.7 Å². The number of piperazine rings is 1. The largest absolute Gasteiger partial charge is 0.368 e. The summed E-state index contributed by atoms with van der Waals surface area (Å²) in [6, 6.07) is 18.3. The van der Waals surface area contributed by atoms with Gasteiger partial charge in [-0.2, -0.15) is 4.72 Å². The number of hydrogen-bond donors (Lipinski definition) is 1. The van der Waals surface area contributed by atoms with E-state index in [1.807, 2.05) is 30.3 Å². The first-order valence-electron chi connectivity index (χ1n) is 11.0. The molecule has 1 aliphatic rings. The number of hydrogen-bond acceptors (Lipinski definition) is 5. The molecule has 3 aromatic rings. The Bertz CT molecular complexity index is 1190. The maximum Gasteiger partial charge on any atom is 0.250 e. The molecule has 33 heavy (non-hydrogen) atoms. The molecule has 4 rings (SSSR count). The molecule has 1 atom stereocenters. The Morgan fingerprint density at radius 3 is 2.39 bits per heavy atom. The summed E-state index contributed by atoms with van der Waals surface area (Å²) in [7, 11) is -3.77. The van der Waals surface area contributed by atoms with Gasteiger partial charge in [0.05, 0.1) is 0 Å². The van der Waals surface area contributed by atoms with E-state index in [2.05, 4.69) is 41.7 Å². The Labute approximate surface area is 199 Å². The first kappa shape index (κ1) is 23.5. The predicted octanol–water partition coefficient (Wildman–Crippen LogP) is 3.60. The van der Waals surface area contributed by atoms with Gasteiger partial charge in [-0.25, -0.2) is 8.42 Å². The van der Waals surface area contributed by atoms with Gasteiger partial charge in [-0.05, 0) is 54.5 Å². The number of anilines is 1. The number of carbonyl (C=O) groups is 1. The topological polar surface area (TPSA) is 69.7 Å². The van der Waals surface area contributed by atoms with Gasteiger partial charge in [0.15, 0.2) is 0 Å². The second kappa shape index (κ2) is 10.1. The molecule has 1 fully saturated rings. The number of carbonyl (C=O) groups excluding carboxylic acids is 1. The number of aryl methyl sites for hydroxylation is 2. The molecule has 0 spiro atoms. The summed E-state index contributed by atoms with van der Waals surface area (Å²) >= 11 is 1.14. The molecule has 0 saturated carbocycles. The molecule has 174 valence electrons. The van der Waals surface area contributed by atoms with Gasteiger partial charge in [-0.1, -0.05) is 48.5 Å². The zero-order valence-corrected chi connectivity index (χ0v) is 20.5. The number of thiophene rings is 1. The highest BCUT2D eigenvalue weighted by molar-refractivity contribution is 7.91. The number of amides is 1. The summed E-state index contributed by atoms with van der Waals surface area (Å²) in [6.07, 6.45) is 0.307. The quantitative estimate of drug-likeness (QED) is 0.558. The highest BCUT2D eigenvalue weighted by Crippen LogP contribution is 2.23. The molecule has 1 aliphatic heterocycles. The van der Waals surface area contributed by atoms with Crippen molar-refractivity contribution in [2.24, 2.45) is 0 Å². The molecule has 0 radical (unpaired) electrons. The average molecular weight is 484 g/mol. The van der Waals surface area contributed by atoms with E-state index in [1.165, 1.54) is 16.8 Å². The lowest BCUT2D eigenvalue weighted by atomic mass is 10.0. The molecule has 1 amide bonds. The van der Waals surface area contributed by atoms with Crippen LogP contribution in [0.1, 0.15) is 16.7 Å². The normalized spacial score (nSPS) is 15.5. The third-order valence-corrected chi connectivity index (χ3v) is 8.80. The lowest BCUT2D eigenvalue weighted by Gasteiger charge is -2.38. The van der Waals surface area contributed by atoms with Crippen LogP contribution in [-0.4, -0.2) is 51.4 Å². The van der Waals surface area contributed by atoms with Crippen molar-refractivity contribution in [2.45, 2.75) is 30.5 Å². The predicted molar refractivity (Wildman–Crippen MR) is 133 cm³/mol. The van der Waals surface area contributed by atoms with Crippen LogP contribution in [0.3, 0.4) is 0 Å². The minimum Gasteiger partial charge on any atom is -0.368 e. The molecule has 0 unspecified atom stereocenters. The van der Waals surface area contributed by atoms with Gasteiger partial charge in [-0.15, -0.1) is 11.3 Å². The SMILES string of the molecule is Cc1ccc(C)c(N2CCN(C(=O)[C@@H](Cc3ccccc3)NS(=O)(=O)c3cccs3)CC2)c1. The zero-order valence-electron chi connectivity index (χ0n) is 18.9. The van der Waals surface area contributed by atoms with Crippen LogP contribution >= 0.6 is 11.3 Å². The number of nitrogens with zero attached hydrogens (tertiary/aromatic N) is 2. The van der Waals surface area contributed by atoms with Crippen LogP contribution in [0.2, 0.25) is 0 Å². The fourth-order valence-electron chi connectivity index (χ4n) is 4.14. The standard InChI is InChI=1S/C25H29N3O3S2/c1-19-10-11-20(2)23(17-19)27-12-14-28(15-13-27)25(29)22(18-21-7-4-3-5-8-21)26-33(30,31)24-9-6-16-32-24/h3-11,16-17,22,26H,12-15,18H2,1-2H3/t22-/m1/s1. The van der Waals surface area contributed by atoms with Gasteiger partial charge in [0.1, 0.15) is 10.3 Å². The van der Waals surface area contributed by atoms with Crippen molar-refractivity contribution in [3.63, 3.8) is 0 Å².